The van der Waals surface area contributed by atoms with Crippen molar-refractivity contribution < 1.29 is 9.53 Å². The molecule has 38 heavy (non-hydrogen) atoms. The number of aryl methyl sites for hydroxylation is 1. The molecule has 2 N–H and O–H groups in total. The zero-order valence-corrected chi connectivity index (χ0v) is 22.7. The third kappa shape index (κ3) is 4.98. The highest BCUT2D eigenvalue weighted by molar-refractivity contribution is 6.07. The van der Waals surface area contributed by atoms with Gasteiger partial charge in [-0.2, -0.15) is 5.10 Å². The first-order valence-electron chi connectivity index (χ1n) is 13.3. The molecule has 0 unspecified atom stereocenters. The number of nitrogens with one attached hydrogen (secondary N) is 2. The number of benzene rings is 1. The van der Waals surface area contributed by atoms with E-state index in [0.29, 0.717) is 37.3 Å². The Labute approximate surface area is 222 Å². The number of rotatable bonds is 6. The van der Waals surface area contributed by atoms with Gasteiger partial charge in [0.15, 0.2) is 0 Å². The Hall–Kier alpha value is -3.50. The molecular formula is C28H37N7O3. The van der Waals surface area contributed by atoms with Crippen molar-refractivity contribution in [2.45, 2.75) is 38.8 Å². The van der Waals surface area contributed by atoms with Gasteiger partial charge >= 0.3 is 0 Å². The lowest BCUT2D eigenvalue weighted by molar-refractivity contribution is 0.0539. The summed E-state index contributed by atoms with van der Waals surface area (Å²) >= 11 is 0. The number of fused-ring (bicyclic) bond motifs is 3. The molecule has 0 saturated carbocycles. The van der Waals surface area contributed by atoms with Gasteiger partial charge in [0.2, 0.25) is 0 Å². The second-order valence-corrected chi connectivity index (χ2v) is 10.3. The summed E-state index contributed by atoms with van der Waals surface area (Å²) in [4.78, 5) is 38.2. The van der Waals surface area contributed by atoms with Gasteiger partial charge in [0.05, 0.1) is 28.7 Å². The molecular weight excluding hydrogens is 482 g/mol. The molecule has 10 nitrogen and oxygen atoms in total. The van der Waals surface area contributed by atoms with E-state index >= 15 is 0 Å². The first-order valence-corrected chi connectivity index (χ1v) is 13.3. The molecule has 2 saturated heterocycles. The van der Waals surface area contributed by atoms with E-state index < -0.39 is 0 Å². The number of nitrogens with zero attached hydrogens (tertiary/aromatic N) is 5. The van der Waals surface area contributed by atoms with E-state index in [2.05, 4.69) is 32.2 Å². The number of hydrogen-bond acceptors (Lipinski definition) is 7. The smallest absolute Gasteiger partial charge is 0.259 e. The number of ether oxygens (including phenoxy) is 1. The van der Waals surface area contributed by atoms with Crippen LogP contribution in [0.3, 0.4) is 0 Å². The van der Waals surface area contributed by atoms with Crippen LogP contribution in [-0.4, -0.2) is 96.2 Å². The van der Waals surface area contributed by atoms with Crippen molar-refractivity contribution in [1.29, 1.82) is 0 Å². The van der Waals surface area contributed by atoms with E-state index in [1.165, 1.54) is 0 Å². The van der Waals surface area contributed by atoms with E-state index in [1.807, 2.05) is 48.1 Å². The number of piperazine rings is 1. The van der Waals surface area contributed by atoms with Gasteiger partial charge in [-0.1, -0.05) is 0 Å². The number of pyridine rings is 1. The van der Waals surface area contributed by atoms with Crippen LogP contribution in [0.5, 0.6) is 0 Å². The van der Waals surface area contributed by atoms with Gasteiger partial charge in [0, 0.05) is 82.9 Å². The molecule has 10 heteroatoms. The van der Waals surface area contributed by atoms with E-state index in [9.17, 15) is 9.59 Å². The Morgan fingerprint density at radius 3 is 2.76 bits per heavy atom. The molecule has 2 aromatic heterocycles. The molecule has 0 bridgehead atoms. The number of carbonyl (C=O) groups is 1. The molecule has 2 aliphatic rings. The summed E-state index contributed by atoms with van der Waals surface area (Å²) in [7, 11) is 3.66. The number of hydrogen-bond donors (Lipinski definition) is 2. The average Bonchev–Trinajstić information content (AvgIpc) is 3.36. The normalized spacial score (nSPS) is 20.2. The van der Waals surface area contributed by atoms with Crippen molar-refractivity contribution in [2.75, 3.05) is 53.5 Å². The van der Waals surface area contributed by atoms with Crippen LogP contribution in [-0.2, 0) is 4.74 Å². The molecule has 0 radical (unpaired) electrons. The van der Waals surface area contributed by atoms with Crippen LogP contribution in [0, 0.1) is 6.92 Å². The Balaban J connectivity index is 1.45. The number of H-pyrrole nitrogens is 1. The lowest BCUT2D eigenvalue weighted by Gasteiger charge is -2.40. The van der Waals surface area contributed by atoms with Crippen LogP contribution in [0.25, 0.3) is 21.8 Å². The highest BCUT2D eigenvalue weighted by Crippen LogP contribution is 2.30. The average molecular weight is 520 g/mol. The standard InChI is InChI=1S/C28H37N7O3/c1-18-11-25-23(26-24(27(36)32-25)15-31-35(26)21-5-9-38-10-6-21)12-22(18)28(37)34-8-7-33(19(2)16-34)17-20(13-29-3)14-30-4/h11-15,19,21,29H,5-10,16-17H2,1-4H3,(H,32,36)/b20-13+,30-14-/t19-/m0/s1. The SMILES string of the molecule is C/N=C\C(=C/NC)CN1CCN(C(=O)c2cc3c(cc2C)[nH]c(=O)c2cnn(C4CCOCC4)c23)C[C@@H]1C. The van der Waals surface area contributed by atoms with Gasteiger partial charge in [0.25, 0.3) is 11.5 Å². The van der Waals surface area contributed by atoms with E-state index in [-0.39, 0.29) is 23.6 Å². The zero-order chi connectivity index (χ0) is 26.8. The van der Waals surface area contributed by atoms with E-state index in [1.54, 1.807) is 13.2 Å². The highest BCUT2D eigenvalue weighted by Gasteiger charge is 2.29. The molecule has 3 aromatic rings. The molecule has 2 aliphatic heterocycles. The Kier molecular flexibility index (Phi) is 7.62. The molecule has 0 spiro atoms. The molecule has 0 aliphatic carbocycles. The van der Waals surface area contributed by atoms with Crippen molar-refractivity contribution in [3.8, 4) is 0 Å². The van der Waals surface area contributed by atoms with Crippen LogP contribution < -0.4 is 10.9 Å². The van der Waals surface area contributed by atoms with Gasteiger partial charge in [-0.15, -0.1) is 0 Å². The fourth-order valence-electron chi connectivity index (χ4n) is 5.73. The minimum atomic E-state index is -0.158. The third-order valence-electron chi connectivity index (χ3n) is 7.74. The van der Waals surface area contributed by atoms with Gasteiger partial charge in [-0.05, 0) is 50.0 Å². The molecule has 1 aromatic carbocycles. The first-order chi connectivity index (χ1) is 18.4. The number of aliphatic imine (C=N–C) groups is 1. The molecule has 2 fully saturated rings. The fraction of sp³-hybridized carbons (Fsp3) is 0.500. The van der Waals surface area contributed by atoms with Crippen molar-refractivity contribution in [2.24, 2.45) is 4.99 Å². The predicted molar refractivity (Wildman–Crippen MR) is 150 cm³/mol. The molecule has 1 atom stereocenters. The third-order valence-corrected chi connectivity index (χ3v) is 7.74. The predicted octanol–water partition coefficient (Wildman–Crippen LogP) is 2.49. The van der Waals surface area contributed by atoms with Gasteiger partial charge in [-0.3, -0.25) is 24.2 Å². The van der Waals surface area contributed by atoms with Crippen LogP contribution in [0.4, 0.5) is 0 Å². The van der Waals surface area contributed by atoms with E-state index in [0.717, 1.165) is 53.5 Å². The lowest BCUT2D eigenvalue weighted by Crippen LogP contribution is -2.54. The summed E-state index contributed by atoms with van der Waals surface area (Å²) in [6.07, 6.45) is 7.17. The second kappa shape index (κ2) is 11.1. The minimum absolute atomic E-state index is 0.0218. The number of aromatic nitrogens is 3. The molecule has 5 rings (SSSR count). The van der Waals surface area contributed by atoms with Crippen LogP contribution in [0.2, 0.25) is 0 Å². The minimum Gasteiger partial charge on any atom is -0.394 e. The maximum absolute atomic E-state index is 13.8. The summed E-state index contributed by atoms with van der Waals surface area (Å²) in [6.45, 7) is 8.31. The first kappa shape index (κ1) is 26.1. The summed E-state index contributed by atoms with van der Waals surface area (Å²) < 4.78 is 7.51. The molecule has 4 heterocycles. The quantitative estimate of drug-likeness (QED) is 0.485. The van der Waals surface area contributed by atoms with Gasteiger partial charge in [0.1, 0.15) is 0 Å². The van der Waals surface area contributed by atoms with Crippen LogP contribution in [0.15, 0.2) is 39.9 Å². The molecule has 202 valence electrons. The maximum atomic E-state index is 13.8. The monoisotopic (exact) mass is 519 g/mol. The summed E-state index contributed by atoms with van der Waals surface area (Å²) in [5.74, 6) is 0.0218. The summed E-state index contributed by atoms with van der Waals surface area (Å²) in [5, 5.41) is 9.10. The fourth-order valence-corrected chi connectivity index (χ4v) is 5.73. The number of amides is 1. The Morgan fingerprint density at radius 2 is 2.05 bits per heavy atom. The van der Waals surface area contributed by atoms with Gasteiger partial charge in [-0.25, -0.2) is 0 Å². The van der Waals surface area contributed by atoms with Crippen LogP contribution in [0.1, 0.15) is 41.7 Å². The van der Waals surface area contributed by atoms with Crippen LogP contribution >= 0.6 is 0 Å². The van der Waals surface area contributed by atoms with Crippen molar-refractivity contribution in [3.05, 3.63) is 51.6 Å². The number of carbonyl (C=O) groups excluding carboxylic acids is 1. The molecule has 1 amide bonds. The second-order valence-electron chi connectivity index (χ2n) is 10.3. The number of aromatic amines is 1. The van der Waals surface area contributed by atoms with Crippen molar-refractivity contribution in [1.82, 2.24) is 29.9 Å². The lowest BCUT2D eigenvalue weighted by atomic mass is 10.0. The van der Waals surface area contributed by atoms with Crippen molar-refractivity contribution in [3.63, 3.8) is 0 Å². The maximum Gasteiger partial charge on any atom is 0.259 e. The van der Waals surface area contributed by atoms with Gasteiger partial charge < -0.3 is 19.9 Å². The van der Waals surface area contributed by atoms with Crippen molar-refractivity contribution >= 4 is 33.9 Å². The van der Waals surface area contributed by atoms with E-state index in [4.69, 9.17) is 4.74 Å². The zero-order valence-electron chi connectivity index (χ0n) is 22.7. The highest BCUT2D eigenvalue weighted by atomic mass is 16.5. The Bertz CT molecular complexity index is 1450. The summed E-state index contributed by atoms with van der Waals surface area (Å²) in [5.41, 5.74) is 3.98. The topological polar surface area (TPSA) is 108 Å². The largest absolute Gasteiger partial charge is 0.394 e. The summed E-state index contributed by atoms with van der Waals surface area (Å²) in [6, 6.07) is 4.24. The Morgan fingerprint density at radius 1 is 1.26 bits per heavy atom.